The summed E-state index contributed by atoms with van der Waals surface area (Å²) < 4.78 is 5.63. The van der Waals surface area contributed by atoms with Gasteiger partial charge in [-0.25, -0.2) is 4.98 Å². The van der Waals surface area contributed by atoms with Gasteiger partial charge in [0.15, 0.2) is 5.82 Å². The lowest BCUT2D eigenvalue weighted by molar-refractivity contribution is -0.113. The van der Waals surface area contributed by atoms with Gasteiger partial charge < -0.3 is 10.1 Å². The fourth-order valence-corrected chi connectivity index (χ4v) is 3.34. The second kappa shape index (κ2) is 8.58. The molecule has 0 radical (unpaired) electrons. The maximum absolute atomic E-state index is 12.3. The molecule has 0 saturated carbocycles. The molecule has 0 bridgehead atoms. The first-order valence-electron chi connectivity index (χ1n) is 8.77. The number of ether oxygens (including phenoxy) is 1. The molecule has 0 spiro atoms. The highest BCUT2D eigenvalue weighted by Crippen LogP contribution is 2.23. The van der Waals surface area contributed by atoms with Gasteiger partial charge in [0.1, 0.15) is 12.4 Å². The van der Waals surface area contributed by atoms with E-state index in [1.54, 1.807) is 0 Å². The Bertz CT molecular complexity index is 1080. The minimum absolute atomic E-state index is 0.103. The fraction of sp³-hybridized carbons (Fsp3) is 0.0952. The van der Waals surface area contributed by atoms with E-state index in [1.165, 1.54) is 11.8 Å². The van der Waals surface area contributed by atoms with Gasteiger partial charge in [0.2, 0.25) is 11.1 Å². The largest absolute Gasteiger partial charge is 0.486 e. The van der Waals surface area contributed by atoms with E-state index in [-0.39, 0.29) is 11.7 Å². The predicted molar refractivity (Wildman–Crippen MR) is 110 cm³/mol. The summed E-state index contributed by atoms with van der Waals surface area (Å²) in [5.74, 6) is 1.50. The van der Waals surface area contributed by atoms with Gasteiger partial charge in [-0.15, -0.1) is 5.10 Å². The van der Waals surface area contributed by atoms with Gasteiger partial charge in [-0.3, -0.25) is 9.89 Å². The van der Waals surface area contributed by atoms with Crippen molar-refractivity contribution in [3.63, 3.8) is 0 Å². The molecule has 4 aromatic rings. The zero-order valence-corrected chi connectivity index (χ0v) is 15.8. The molecule has 4 rings (SSSR count). The molecule has 1 heterocycles. The number of fused-ring (bicyclic) bond motifs is 1. The van der Waals surface area contributed by atoms with Gasteiger partial charge >= 0.3 is 0 Å². The number of aromatic nitrogens is 3. The molecule has 3 aromatic carbocycles. The Morgan fingerprint density at radius 2 is 1.79 bits per heavy atom. The van der Waals surface area contributed by atoms with E-state index >= 15 is 0 Å². The number of H-pyrrole nitrogens is 1. The van der Waals surface area contributed by atoms with Crippen molar-refractivity contribution in [2.24, 2.45) is 0 Å². The number of hydrogen-bond donors (Lipinski definition) is 2. The predicted octanol–water partition coefficient (Wildman–Crippen LogP) is 4.27. The fourth-order valence-electron chi connectivity index (χ4n) is 2.73. The lowest BCUT2D eigenvalue weighted by Crippen LogP contribution is -2.14. The number of rotatable bonds is 7. The Kier molecular flexibility index (Phi) is 5.53. The van der Waals surface area contributed by atoms with Crippen LogP contribution in [0.25, 0.3) is 10.8 Å². The molecular formula is C21H18N4O2S. The van der Waals surface area contributed by atoms with E-state index in [1.807, 2.05) is 72.8 Å². The number of amides is 1. The summed E-state index contributed by atoms with van der Waals surface area (Å²) in [6, 6.07) is 23.3. The van der Waals surface area contributed by atoms with Crippen molar-refractivity contribution >= 4 is 34.1 Å². The Morgan fingerprint density at radius 3 is 2.68 bits per heavy atom. The van der Waals surface area contributed by atoms with Crippen molar-refractivity contribution in [1.82, 2.24) is 15.2 Å². The first kappa shape index (κ1) is 18.1. The Morgan fingerprint density at radius 1 is 1.00 bits per heavy atom. The molecule has 0 aliphatic heterocycles. The second-order valence-electron chi connectivity index (χ2n) is 6.03. The highest BCUT2D eigenvalue weighted by atomic mass is 32.2. The molecule has 2 N–H and O–H groups in total. The molecule has 0 unspecified atom stereocenters. The quantitative estimate of drug-likeness (QED) is 0.461. The lowest BCUT2D eigenvalue weighted by Gasteiger charge is -2.08. The Balaban J connectivity index is 1.31. The van der Waals surface area contributed by atoms with Gasteiger partial charge in [-0.05, 0) is 23.6 Å². The van der Waals surface area contributed by atoms with Crippen molar-refractivity contribution in [1.29, 1.82) is 0 Å². The Labute approximate surface area is 166 Å². The van der Waals surface area contributed by atoms with Crippen molar-refractivity contribution in [2.45, 2.75) is 11.8 Å². The molecular weight excluding hydrogens is 372 g/mol. The number of nitrogens with one attached hydrogen (secondary N) is 2. The van der Waals surface area contributed by atoms with Crippen LogP contribution in [-0.2, 0) is 11.4 Å². The van der Waals surface area contributed by atoms with E-state index < -0.39 is 0 Å². The number of thioether (sulfide) groups is 1. The number of anilines is 1. The number of para-hydroxylation sites is 1. The van der Waals surface area contributed by atoms with Gasteiger partial charge in [-0.2, -0.15) is 0 Å². The summed E-state index contributed by atoms with van der Waals surface area (Å²) in [5.41, 5.74) is 0.802. The summed E-state index contributed by atoms with van der Waals surface area (Å²) in [5, 5.41) is 12.5. The summed E-state index contributed by atoms with van der Waals surface area (Å²) in [6.45, 7) is 0.291. The van der Waals surface area contributed by atoms with Gasteiger partial charge in [0, 0.05) is 11.1 Å². The number of nitrogens with zero attached hydrogens (tertiary/aromatic N) is 2. The van der Waals surface area contributed by atoms with Crippen LogP contribution in [0.5, 0.6) is 5.75 Å². The summed E-state index contributed by atoms with van der Waals surface area (Å²) >= 11 is 1.27. The first-order chi connectivity index (χ1) is 13.8. The molecule has 7 heteroatoms. The van der Waals surface area contributed by atoms with Gasteiger partial charge in [0.05, 0.1) is 5.75 Å². The number of carbonyl (C=O) groups is 1. The van der Waals surface area contributed by atoms with Crippen LogP contribution in [0.4, 0.5) is 5.69 Å². The third-order valence-corrected chi connectivity index (χ3v) is 4.87. The normalized spacial score (nSPS) is 10.7. The van der Waals surface area contributed by atoms with Crippen LogP contribution < -0.4 is 10.1 Å². The molecule has 0 atom stereocenters. The SMILES string of the molecule is O=C(CSc1n[nH]c(COc2ccccc2)n1)Nc1cccc2ccccc12. The Hall–Kier alpha value is -3.32. The van der Waals surface area contributed by atoms with Crippen LogP contribution in [-0.4, -0.2) is 26.8 Å². The topological polar surface area (TPSA) is 79.9 Å². The lowest BCUT2D eigenvalue weighted by atomic mass is 10.1. The highest BCUT2D eigenvalue weighted by molar-refractivity contribution is 7.99. The zero-order chi connectivity index (χ0) is 19.2. The molecule has 1 aromatic heterocycles. The second-order valence-corrected chi connectivity index (χ2v) is 6.97. The highest BCUT2D eigenvalue weighted by Gasteiger charge is 2.10. The van der Waals surface area contributed by atoms with E-state index in [0.717, 1.165) is 22.2 Å². The number of hydrogen-bond acceptors (Lipinski definition) is 5. The molecule has 0 aliphatic rings. The smallest absolute Gasteiger partial charge is 0.234 e. The summed E-state index contributed by atoms with van der Waals surface area (Å²) in [6.07, 6.45) is 0. The number of aromatic amines is 1. The maximum atomic E-state index is 12.3. The third kappa shape index (κ3) is 4.50. The van der Waals surface area contributed by atoms with Crippen molar-refractivity contribution in [3.8, 4) is 5.75 Å². The monoisotopic (exact) mass is 390 g/mol. The van der Waals surface area contributed by atoms with Crippen molar-refractivity contribution < 1.29 is 9.53 Å². The first-order valence-corrected chi connectivity index (χ1v) is 9.76. The molecule has 0 fully saturated rings. The van der Waals surface area contributed by atoms with Crippen LogP contribution in [0.1, 0.15) is 5.82 Å². The van der Waals surface area contributed by atoms with E-state index in [4.69, 9.17) is 4.74 Å². The molecule has 0 aliphatic carbocycles. The van der Waals surface area contributed by atoms with E-state index in [9.17, 15) is 4.79 Å². The van der Waals surface area contributed by atoms with E-state index in [0.29, 0.717) is 17.6 Å². The standard InChI is InChI=1S/C21H18N4O2S/c26-20(22-18-12-6-8-15-7-4-5-11-17(15)18)14-28-21-23-19(24-25-21)13-27-16-9-2-1-3-10-16/h1-12H,13-14H2,(H,22,26)(H,23,24,25). The van der Waals surface area contributed by atoms with Crippen LogP contribution >= 0.6 is 11.8 Å². The number of carbonyl (C=O) groups excluding carboxylic acids is 1. The summed E-state index contributed by atoms with van der Waals surface area (Å²) in [7, 11) is 0. The van der Waals surface area contributed by atoms with Crippen molar-refractivity contribution in [3.05, 3.63) is 78.6 Å². The van der Waals surface area contributed by atoms with Crippen molar-refractivity contribution in [2.75, 3.05) is 11.1 Å². The minimum atomic E-state index is -0.103. The average molecular weight is 390 g/mol. The van der Waals surface area contributed by atoms with Crippen LogP contribution in [0, 0.1) is 0 Å². The van der Waals surface area contributed by atoms with Crippen LogP contribution in [0.3, 0.4) is 0 Å². The maximum Gasteiger partial charge on any atom is 0.234 e. The third-order valence-electron chi connectivity index (χ3n) is 4.03. The van der Waals surface area contributed by atoms with Crippen LogP contribution in [0.15, 0.2) is 78.0 Å². The van der Waals surface area contributed by atoms with E-state index in [2.05, 4.69) is 20.5 Å². The molecule has 0 saturated heterocycles. The number of benzene rings is 3. The molecule has 1 amide bonds. The molecule has 6 nitrogen and oxygen atoms in total. The minimum Gasteiger partial charge on any atom is -0.486 e. The van der Waals surface area contributed by atoms with Gasteiger partial charge in [0.25, 0.3) is 0 Å². The molecule has 140 valence electrons. The average Bonchev–Trinajstić information content (AvgIpc) is 3.20. The van der Waals surface area contributed by atoms with Gasteiger partial charge in [-0.1, -0.05) is 66.4 Å². The van der Waals surface area contributed by atoms with Crippen LogP contribution in [0.2, 0.25) is 0 Å². The molecule has 28 heavy (non-hydrogen) atoms. The zero-order valence-electron chi connectivity index (χ0n) is 15.0. The summed E-state index contributed by atoms with van der Waals surface area (Å²) in [4.78, 5) is 16.7.